The quantitative estimate of drug-likeness (QED) is 0.0169. The van der Waals surface area contributed by atoms with Crippen LogP contribution in [0.4, 0.5) is 0 Å². The SMILES string of the molecule is CCCCCC/C=C\C=C/CCCCCCCC(=O)O[C@H](COC(=O)CCCCCCCCC(C)C)COP(=O)(O)OC[C@H](O)COP(=O)(O)OC[C@@H](COC(=O)CCCCCCCCCCCCCCCCCCC(C)C)OC(=O)CCCCCCCCCCCCCCCCC(C)CC. The number of hydrogen-bond donors (Lipinski definition) is 3. The van der Waals surface area contributed by atoms with Crippen LogP contribution in [-0.2, 0) is 65.4 Å². The Hall–Kier alpha value is -2.46. The molecule has 3 N–H and O–H groups in total. The first kappa shape index (κ1) is 98.5. The molecule has 101 heavy (non-hydrogen) atoms. The molecule has 0 aliphatic rings. The highest BCUT2D eigenvalue weighted by molar-refractivity contribution is 7.47. The topological polar surface area (TPSA) is 237 Å². The highest BCUT2D eigenvalue weighted by Gasteiger charge is 2.30. The average Bonchev–Trinajstić information content (AvgIpc) is 1.11. The Morgan fingerprint density at radius 3 is 0.881 bits per heavy atom. The summed E-state index contributed by atoms with van der Waals surface area (Å²) in [7, 11) is -9.93. The predicted octanol–water partition coefficient (Wildman–Crippen LogP) is 24.1. The van der Waals surface area contributed by atoms with Gasteiger partial charge in [0.2, 0.25) is 0 Å². The fourth-order valence-corrected chi connectivity index (χ4v) is 13.7. The molecule has 0 rings (SSSR count). The number of hydrogen-bond acceptors (Lipinski definition) is 15. The number of aliphatic hydroxyl groups is 1. The molecule has 0 amide bonds. The molecule has 0 saturated heterocycles. The van der Waals surface area contributed by atoms with Crippen LogP contribution in [-0.4, -0.2) is 96.7 Å². The molecule has 596 valence electrons. The van der Waals surface area contributed by atoms with Gasteiger partial charge in [-0.2, -0.15) is 0 Å². The fraction of sp³-hybridized carbons (Fsp3) is 0.902. The zero-order valence-electron chi connectivity index (χ0n) is 65.9. The summed E-state index contributed by atoms with van der Waals surface area (Å²) in [5.41, 5.74) is 0. The summed E-state index contributed by atoms with van der Waals surface area (Å²) in [6.45, 7) is 11.9. The summed E-state index contributed by atoms with van der Waals surface area (Å²) < 4.78 is 68.7. The van der Waals surface area contributed by atoms with Gasteiger partial charge in [0.15, 0.2) is 12.2 Å². The van der Waals surface area contributed by atoms with Gasteiger partial charge < -0.3 is 33.8 Å². The first-order chi connectivity index (χ1) is 48.8. The molecule has 0 spiro atoms. The standard InChI is InChI=1S/C82H156O17P2/c1-8-10-11-12-13-14-15-16-19-27-32-37-42-51-58-66-82(87)99-78(70-93-80(85)64-57-50-45-44-47-54-61-74(5)6)72-97-101(90,91)95-68-76(83)67-94-100(88,89)96-71-77(98-81(86)65-59-52-43-38-33-28-23-22-25-30-35-40-48-55-62-75(7)9-2)69-92-79(84)63-56-49-41-36-31-26-21-18-17-20-24-29-34-39-46-53-60-73(3)4/h14-16,19,73-78,83H,8-13,17-18,20-72H2,1-7H3,(H,88,89)(H,90,91)/b15-14-,19-16-/t75?,76-,77-,78-/m1/s1. The van der Waals surface area contributed by atoms with Crippen LogP contribution >= 0.6 is 15.6 Å². The molecule has 17 nitrogen and oxygen atoms in total. The summed E-state index contributed by atoms with van der Waals surface area (Å²) in [5, 5.41) is 10.6. The highest BCUT2D eigenvalue weighted by Crippen LogP contribution is 2.45. The minimum Gasteiger partial charge on any atom is -0.462 e. The molecule has 0 bridgehead atoms. The fourth-order valence-electron chi connectivity index (χ4n) is 12.1. The molecule has 0 aliphatic heterocycles. The van der Waals surface area contributed by atoms with E-state index in [2.05, 4.69) is 72.8 Å². The van der Waals surface area contributed by atoms with Gasteiger partial charge in [0.25, 0.3) is 0 Å². The van der Waals surface area contributed by atoms with Crippen LogP contribution in [0.25, 0.3) is 0 Å². The minimum absolute atomic E-state index is 0.0839. The minimum atomic E-state index is -4.97. The van der Waals surface area contributed by atoms with Crippen molar-refractivity contribution in [2.75, 3.05) is 39.6 Å². The lowest BCUT2D eigenvalue weighted by atomic mass is 9.99. The Morgan fingerprint density at radius 1 is 0.327 bits per heavy atom. The largest absolute Gasteiger partial charge is 0.472 e. The number of aliphatic hydroxyl groups excluding tert-OH is 1. The third-order valence-corrected chi connectivity index (χ3v) is 20.8. The van der Waals surface area contributed by atoms with Gasteiger partial charge >= 0.3 is 39.5 Å². The van der Waals surface area contributed by atoms with Gasteiger partial charge in [-0.3, -0.25) is 37.3 Å². The second-order valence-electron chi connectivity index (χ2n) is 30.0. The van der Waals surface area contributed by atoms with Crippen LogP contribution in [0.2, 0.25) is 0 Å². The van der Waals surface area contributed by atoms with E-state index in [-0.39, 0.29) is 25.7 Å². The molecule has 6 atom stereocenters. The summed E-state index contributed by atoms with van der Waals surface area (Å²) in [6, 6.07) is 0. The first-order valence-corrected chi connectivity index (χ1v) is 44.7. The Kier molecular flexibility index (Phi) is 70.0. The van der Waals surface area contributed by atoms with E-state index >= 15 is 0 Å². The number of phosphoric acid groups is 2. The molecule has 0 aromatic carbocycles. The molecular weight excluding hydrogens is 1320 g/mol. The van der Waals surface area contributed by atoms with E-state index in [0.29, 0.717) is 31.6 Å². The van der Waals surface area contributed by atoms with Crippen molar-refractivity contribution in [2.45, 2.75) is 420 Å². The molecule has 0 saturated carbocycles. The normalized spacial score (nSPS) is 14.4. The van der Waals surface area contributed by atoms with Crippen LogP contribution < -0.4 is 0 Å². The highest BCUT2D eigenvalue weighted by atomic mass is 31.2. The third-order valence-electron chi connectivity index (χ3n) is 18.9. The van der Waals surface area contributed by atoms with Gasteiger partial charge in [0.05, 0.1) is 26.4 Å². The second kappa shape index (κ2) is 71.8. The van der Waals surface area contributed by atoms with E-state index in [9.17, 15) is 43.2 Å². The third kappa shape index (κ3) is 74.2. The number of rotatable bonds is 78. The molecule has 0 heterocycles. The van der Waals surface area contributed by atoms with Crippen molar-refractivity contribution in [2.24, 2.45) is 17.8 Å². The van der Waals surface area contributed by atoms with E-state index in [4.69, 9.17) is 37.0 Å². The second-order valence-corrected chi connectivity index (χ2v) is 32.9. The lowest BCUT2D eigenvalue weighted by molar-refractivity contribution is -0.161. The molecule has 0 radical (unpaired) electrons. The summed E-state index contributed by atoms with van der Waals surface area (Å²) in [6.07, 6.45) is 63.4. The monoisotopic (exact) mass is 1480 g/mol. The molecule has 19 heteroatoms. The van der Waals surface area contributed by atoms with Crippen LogP contribution in [0.5, 0.6) is 0 Å². The van der Waals surface area contributed by atoms with Crippen LogP contribution in [0.1, 0.15) is 402 Å². The number of ether oxygens (including phenoxy) is 4. The lowest BCUT2D eigenvalue weighted by Gasteiger charge is -2.21. The Labute approximate surface area is 618 Å². The van der Waals surface area contributed by atoms with Crippen molar-refractivity contribution in [3.8, 4) is 0 Å². The molecule has 0 aromatic heterocycles. The zero-order chi connectivity index (χ0) is 74.4. The maximum absolute atomic E-state index is 13.1. The molecule has 3 unspecified atom stereocenters. The maximum atomic E-state index is 13.1. The number of carbonyl (C=O) groups excluding carboxylic acids is 4. The Morgan fingerprint density at radius 2 is 0.584 bits per heavy atom. The molecule has 0 fully saturated rings. The van der Waals surface area contributed by atoms with E-state index in [1.54, 1.807) is 0 Å². The van der Waals surface area contributed by atoms with E-state index in [1.807, 2.05) is 0 Å². The summed E-state index contributed by atoms with van der Waals surface area (Å²) in [5.74, 6) is 0.189. The summed E-state index contributed by atoms with van der Waals surface area (Å²) >= 11 is 0. The van der Waals surface area contributed by atoms with Gasteiger partial charge in [-0.15, -0.1) is 0 Å². The maximum Gasteiger partial charge on any atom is 0.472 e. The van der Waals surface area contributed by atoms with Crippen molar-refractivity contribution in [3.05, 3.63) is 24.3 Å². The van der Waals surface area contributed by atoms with E-state index in [1.165, 1.54) is 193 Å². The number of phosphoric ester groups is 2. The van der Waals surface area contributed by atoms with Crippen molar-refractivity contribution in [1.82, 2.24) is 0 Å². The predicted molar refractivity (Wildman–Crippen MR) is 414 cm³/mol. The zero-order valence-corrected chi connectivity index (χ0v) is 67.6. The van der Waals surface area contributed by atoms with Gasteiger partial charge in [0.1, 0.15) is 19.3 Å². The van der Waals surface area contributed by atoms with Gasteiger partial charge in [0, 0.05) is 25.7 Å². The molecule has 0 aromatic rings. The first-order valence-electron chi connectivity index (χ1n) is 41.7. The number of carbonyl (C=O) groups is 4. The van der Waals surface area contributed by atoms with Gasteiger partial charge in [-0.1, -0.05) is 349 Å². The summed E-state index contributed by atoms with van der Waals surface area (Å²) in [4.78, 5) is 73.0. The lowest BCUT2D eigenvalue weighted by Crippen LogP contribution is -2.30. The van der Waals surface area contributed by atoms with Crippen molar-refractivity contribution < 1.29 is 80.2 Å². The van der Waals surface area contributed by atoms with Crippen LogP contribution in [0.15, 0.2) is 24.3 Å². The smallest absolute Gasteiger partial charge is 0.462 e. The molecular formula is C82H156O17P2. The molecule has 0 aliphatic carbocycles. The number of esters is 4. The van der Waals surface area contributed by atoms with E-state index in [0.717, 1.165) is 121 Å². The van der Waals surface area contributed by atoms with Gasteiger partial charge in [-0.25, -0.2) is 9.13 Å². The van der Waals surface area contributed by atoms with E-state index < -0.39 is 97.5 Å². The van der Waals surface area contributed by atoms with Crippen molar-refractivity contribution >= 4 is 39.5 Å². The number of allylic oxidation sites excluding steroid dienone is 4. The average molecular weight is 1480 g/mol. The Balaban J connectivity index is 5.26. The van der Waals surface area contributed by atoms with Crippen LogP contribution in [0.3, 0.4) is 0 Å². The number of unbranched alkanes of at least 4 members (excludes halogenated alkanes) is 42. The Bertz CT molecular complexity index is 2050. The van der Waals surface area contributed by atoms with Gasteiger partial charge in [-0.05, 0) is 69.1 Å². The van der Waals surface area contributed by atoms with Crippen molar-refractivity contribution in [3.63, 3.8) is 0 Å². The van der Waals surface area contributed by atoms with Crippen LogP contribution in [0, 0.1) is 17.8 Å². The van der Waals surface area contributed by atoms with Crippen molar-refractivity contribution in [1.29, 1.82) is 0 Å².